The zero-order valence-corrected chi connectivity index (χ0v) is 14.1. The number of hydrogen-bond acceptors (Lipinski definition) is 4. The molecule has 3 amide bonds. The van der Waals surface area contributed by atoms with Crippen LogP contribution in [0.15, 0.2) is 36.4 Å². The van der Waals surface area contributed by atoms with Gasteiger partial charge in [-0.2, -0.15) is 0 Å². The van der Waals surface area contributed by atoms with Crippen LogP contribution in [0.2, 0.25) is 0 Å². The van der Waals surface area contributed by atoms with Crippen molar-refractivity contribution in [2.24, 2.45) is 0 Å². The molecule has 0 aromatic heterocycles. The molecular weight excluding hydrogens is 329 g/mol. The number of anilines is 1. The van der Waals surface area contributed by atoms with Gasteiger partial charge in [0.1, 0.15) is 11.9 Å². The van der Waals surface area contributed by atoms with Crippen molar-refractivity contribution < 1.29 is 23.8 Å². The van der Waals surface area contributed by atoms with Crippen LogP contribution in [0.5, 0.6) is 0 Å². The largest absolute Gasteiger partial charge is 0.394 e. The fraction of sp³-hybridized carbons (Fsp3) is 0.412. The van der Waals surface area contributed by atoms with Gasteiger partial charge in [-0.05, 0) is 18.2 Å². The normalized spacial score (nSPS) is 22.3. The van der Waals surface area contributed by atoms with Crippen molar-refractivity contribution in [1.82, 2.24) is 10.2 Å². The molecule has 1 aliphatic rings. The van der Waals surface area contributed by atoms with E-state index in [4.69, 9.17) is 4.74 Å². The molecule has 0 aliphatic carbocycles. The highest BCUT2D eigenvalue weighted by Crippen LogP contribution is 2.17. The Labute approximate surface area is 145 Å². The Hall–Kier alpha value is -2.45. The Kier molecular flexibility index (Phi) is 6.49. The fourth-order valence-corrected chi connectivity index (χ4v) is 2.38. The summed E-state index contributed by atoms with van der Waals surface area (Å²) in [6.45, 7) is -0.318. The van der Waals surface area contributed by atoms with Crippen LogP contribution in [0, 0.1) is 5.82 Å². The molecule has 3 N–H and O–H groups in total. The van der Waals surface area contributed by atoms with E-state index in [1.807, 2.05) is 0 Å². The molecule has 8 heteroatoms. The number of rotatable bonds is 5. The number of halogens is 1. The molecule has 3 atom stereocenters. The minimum atomic E-state index is -0.678. The summed E-state index contributed by atoms with van der Waals surface area (Å²) in [7, 11) is 3.30. The van der Waals surface area contributed by atoms with E-state index in [-0.39, 0.29) is 18.9 Å². The summed E-state index contributed by atoms with van der Waals surface area (Å²) in [6.07, 6.45) is 2.38. The summed E-state index contributed by atoms with van der Waals surface area (Å²) in [5.74, 6) is -0.554. The summed E-state index contributed by atoms with van der Waals surface area (Å²) in [6, 6.07) is 4.39. The van der Waals surface area contributed by atoms with Gasteiger partial charge in [0.25, 0.3) is 0 Å². The van der Waals surface area contributed by atoms with Crippen molar-refractivity contribution in [3.05, 3.63) is 42.2 Å². The van der Waals surface area contributed by atoms with Gasteiger partial charge in [-0.1, -0.05) is 18.2 Å². The van der Waals surface area contributed by atoms with Crippen LogP contribution in [0.4, 0.5) is 14.9 Å². The van der Waals surface area contributed by atoms with Gasteiger partial charge in [0.2, 0.25) is 5.91 Å². The maximum atomic E-state index is 13.1. The van der Waals surface area contributed by atoms with Gasteiger partial charge in [-0.15, -0.1) is 0 Å². The van der Waals surface area contributed by atoms with Crippen LogP contribution in [-0.4, -0.2) is 60.9 Å². The van der Waals surface area contributed by atoms with Crippen LogP contribution in [-0.2, 0) is 9.53 Å². The molecule has 0 unspecified atom stereocenters. The molecule has 1 aromatic carbocycles. The Balaban J connectivity index is 1.94. The molecule has 0 spiro atoms. The third kappa shape index (κ3) is 5.54. The number of hydrogen-bond donors (Lipinski definition) is 3. The molecule has 0 saturated carbocycles. The molecule has 2 rings (SSSR count). The molecule has 0 bridgehead atoms. The van der Waals surface area contributed by atoms with Gasteiger partial charge in [0, 0.05) is 19.8 Å². The van der Waals surface area contributed by atoms with Gasteiger partial charge >= 0.3 is 6.03 Å². The van der Waals surface area contributed by atoms with E-state index < -0.39 is 30.1 Å². The second-order valence-electron chi connectivity index (χ2n) is 5.91. The smallest absolute Gasteiger partial charge is 0.319 e. The molecule has 136 valence electrons. The van der Waals surface area contributed by atoms with E-state index >= 15 is 0 Å². The lowest BCUT2D eigenvalue weighted by Gasteiger charge is -2.32. The zero-order chi connectivity index (χ0) is 18.4. The highest BCUT2D eigenvalue weighted by atomic mass is 19.1. The maximum Gasteiger partial charge on any atom is 0.319 e. The average Bonchev–Trinajstić information content (AvgIpc) is 2.56. The van der Waals surface area contributed by atoms with Gasteiger partial charge in [-0.3, -0.25) is 4.79 Å². The summed E-state index contributed by atoms with van der Waals surface area (Å²) < 4.78 is 18.8. The first-order valence-electron chi connectivity index (χ1n) is 7.87. The van der Waals surface area contributed by atoms with Crippen molar-refractivity contribution >= 4 is 17.6 Å². The molecule has 1 heterocycles. The minimum Gasteiger partial charge on any atom is -0.394 e. The number of benzene rings is 1. The molecule has 0 fully saturated rings. The summed E-state index contributed by atoms with van der Waals surface area (Å²) >= 11 is 0. The lowest BCUT2D eigenvalue weighted by atomic mass is 10.0. The Morgan fingerprint density at radius 2 is 2.08 bits per heavy atom. The highest BCUT2D eigenvalue weighted by molar-refractivity contribution is 5.89. The van der Waals surface area contributed by atoms with Crippen molar-refractivity contribution in [3.63, 3.8) is 0 Å². The highest BCUT2D eigenvalue weighted by Gasteiger charge is 2.29. The Bertz CT molecular complexity index is 651. The number of amides is 3. The van der Waals surface area contributed by atoms with Crippen LogP contribution in [0.1, 0.15) is 6.42 Å². The zero-order valence-electron chi connectivity index (χ0n) is 14.1. The van der Waals surface area contributed by atoms with E-state index in [9.17, 15) is 19.1 Å². The number of ether oxygens (including phenoxy) is 1. The minimum absolute atomic E-state index is 0.0957. The van der Waals surface area contributed by atoms with Crippen LogP contribution >= 0.6 is 0 Å². The van der Waals surface area contributed by atoms with E-state index in [2.05, 4.69) is 10.6 Å². The topological polar surface area (TPSA) is 90.9 Å². The number of urea groups is 1. The molecule has 0 radical (unpaired) electrons. The lowest BCUT2D eigenvalue weighted by Crippen LogP contribution is -2.50. The molecule has 7 nitrogen and oxygen atoms in total. The Morgan fingerprint density at radius 3 is 2.72 bits per heavy atom. The number of carbonyl (C=O) groups is 2. The van der Waals surface area contributed by atoms with Crippen LogP contribution in [0.25, 0.3) is 0 Å². The first-order valence-corrected chi connectivity index (χ1v) is 7.87. The fourth-order valence-electron chi connectivity index (χ4n) is 2.38. The number of aliphatic hydroxyl groups is 1. The summed E-state index contributed by atoms with van der Waals surface area (Å²) in [5, 5.41) is 14.6. The first-order chi connectivity index (χ1) is 11.9. The predicted octanol–water partition coefficient (Wildman–Crippen LogP) is 1.11. The predicted molar refractivity (Wildman–Crippen MR) is 90.5 cm³/mol. The van der Waals surface area contributed by atoms with Crippen molar-refractivity contribution in [2.75, 3.05) is 26.0 Å². The summed E-state index contributed by atoms with van der Waals surface area (Å²) in [5.41, 5.74) is 0.313. The number of carbonyl (C=O) groups excluding carboxylic acids is 2. The molecule has 1 aliphatic heterocycles. The summed E-state index contributed by atoms with van der Waals surface area (Å²) in [4.78, 5) is 25.2. The van der Waals surface area contributed by atoms with E-state index in [0.29, 0.717) is 5.69 Å². The van der Waals surface area contributed by atoms with Gasteiger partial charge in [0.05, 0.1) is 25.2 Å². The van der Waals surface area contributed by atoms with Gasteiger partial charge in [-0.25, -0.2) is 9.18 Å². The van der Waals surface area contributed by atoms with E-state index in [1.165, 1.54) is 23.1 Å². The standard InChI is InChI=1S/C17H22FN3O4/c1-21(2)16(23)9-13-6-7-14(15(10-22)25-13)20-17(24)19-12-5-3-4-11(18)8-12/h3-8,13-15,22H,9-10H2,1-2H3,(H2,19,20,24)/t13-,14+,15-/m1/s1. The van der Waals surface area contributed by atoms with E-state index in [0.717, 1.165) is 0 Å². The Morgan fingerprint density at radius 1 is 1.32 bits per heavy atom. The molecular formula is C17H22FN3O4. The number of nitrogens with zero attached hydrogens (tertiary/aromatic N) is 1. The quantitative estimate of drug-likeness (QED) is 0.693. The van der Waals surface area contributed by atoms with Crippen molar-refractivity contribution in [3.8, 4) is 0 Å². The third-order valence-corrected chi connectivity index (χ3v) is 3.72. The third-order valence-electron chi connectivity index (χ3n) is 3.72. The number of aliphatic hydroxyl groups excluding tert-OH is 1. The SMILES string of the molecule is CN(C)C(=O)C[C@H]1C=C[C@H](NC(=O)Nc2cccc(F)c2)[C@@H](CO)O1. The number of nitrogens with one attached hydrogen (secondary N) is 2. The van der Waals surface area contributed by atoms with Crippen LogP contribution in [0.3, 0.4) is 0 Å². The van der Waals surface area contributed by atoms with Crippen molar-refractivity contribution in [1.29, 1.82) is 0 Å². The second-order valence-corrected chi connectivity index (χ2v) is 5.91. The average molecular weight is 351 g/mol. The lowest BCUT2D eigenvalue weighted by molar-refractivity contribution is -0.132. The molecule has 1 aromatic rings. The van der Waals surface area contributed by atoms with Crippen LogP contribution < -0.4 is 10.6 Å². The monoisotopic (exact) mass is 351 g/mol. The molecule has 25 heavy (non-hydrogen) atoms. The maximum absolute atomic E-state index is 13.1. The molecule has 0 saturated heterocycles. The van der Waals surface area contributed by atoms with Gasteiger partial charge in [0.15, 0.2) is 0 Å². The first kappa shape index (κ1) is 18.9. The van der Waals surface area contributed by atoms with E-state index in [1.54, 1.807) is 32.3 Å². The second kappa shape index (κ2) is 8.59. The van der Waals surface area contributed by atoms with Crippen molar-refractivity contribution in [2.45, 2.75) is 24.7 Å². The van der Waals surface area contributed by atoms with Gasteiger partial charge < -0.3 is 25.4 Å².